The monoisotopic (exact) mass is 259 g/mol. The molecular formula is C12H13N5O2. The molecule has 1 heterocycles. The quantitative estimate of drug-likeness (QED) is 0.644. The molecule has 0 aliphatic heterocycles. The number of hydrogen-bond acceptors (Lipinski definition) is 6. The maximum Gasteiger partial charge on any atom is 0.329 e. The van der Waals surface area contributed by atoms with E-state index in [1.54, 1.807) is 0 Å². The van der Waals surface area contributed by atoms with Crippen LogP contribution in [0.2, 0.25) is 0 Å². The molecule has 1 aromatic carbocycles. The third-order valence-corrected chi connectivity index (χ3v) is 2.64. The molecule has 2 rings (SSSR count). The van der Waals surface area contributed by atoms with Crippen LogP contribution in [-0.4, -0.2) is 14.9 Å². The highest BCUT2D eigenvalue weighted by atomic mass is 16.6. The van der Waals surface area contributed by atoms with Crippen molar-refractivity contribution in [3.8, 4) is 0 Å². The van der Waals surface area contributed by atoms with Gasteiger partial charge in [0.25, 0.3) is 0 Å². The number of nitrogens with two attached hydrogens (primary N) is 1. The van der Waals surface area contributed by atoms with Crippen molar-refractivity contribution in [3.05, 3.63) is 46.1 Å². The fourth-order valence-corrected chi connectivity index (χ4v) is 1.69. The minimum absolute atomic E-state index is 0.0120. The summed E-state index contributed by atoms with van der Waals surface area (Å²) in [5.41, 5.74) is 7.06. The number of nitrogen functional groups attached to an aromatic ring is 1. The number of nitrogens with zero attached hydrogens (tertiary/aromatic N) is 3. The van der Waals surface area contributed by atoms with E-state index in [4.69, 9.17) is 5.73 Å². The second kappa shape index (κ2) is 5.30. The zero-order valence-corrected chi connectivity index (χ0v) is 10.3. The fourth-order valence-electron chi connectivity index (χ4n) is 1.69. The smallest absolute Gasteiger partial charge is 0.329 e. The van der Waals surface area contributed by atoms with Crippen molar-refractivity contribution >= 4 is 23.1 Å². The summed E-state index contributed by atoms with van der Waals surface area (Å²) in [6.07, 6.45) is 1.90. The van der Waals surface area contributed by atoms with Gasteiger partial charge in [0, 0.05) is 5.69 Å². The van der Waals surface area contributed by atoms with Crippen molar-refractivity contribution < 1.29 is 4.92 Å². The lowest BCUT2D eigenvalue weighted by Crippen LogP contribution is -2.05. The Morgan fingerprint density at radius 1 is 1.42 bits per heavy atom. The number of anilines is 3. The molecule has 0 fully saturated rings. The van der Waals surface area contributed by atoms with Crippen LogP contribution in [0.4, 0.5) is 23.1 Å². The van der Waals surface area contributed by atoms with E-state index in [1.165, 1.54) is 0 Å². The summed E-state index contributed by atoms with van der Waals surface area (Å²) in [7, 11) is 0. The van der Waals surface area contributed by atoms with Crippen LogP contribution in [0.1, 0.15) is 12.5 Å². The predicted molar refractivity (Wildman–Crippen MR) is 72.2 cm³/mol. The predicted octanol–water partition coefficient (Wildman–Crippen LogP) is 2.27. The Kier molecular flexibility index (Phi) is 3.56. The molecule has 98 valence electrons. The zero-order chi connectivity index (χ0) is 13.8. The van der Waals surface area contributed by atoms with Crippen LogP contribution in [0.5, 0.6) is 0 Å². The standard InChI is InChI=1S/C12H13N5O2/c1-2-8-5-3-4-6-9(8)15-11-10(17(18)19)7-14-12(13)16-11/h3-7H,2H2,1H3,(H3,13,14,15,16). The Labute approximate surface area is 109 Å². The number of aryl methyl sites for hydroxylation is 1. The van der Waals surface area contributed by atoms with E-state index in [1.807, 2.05) is 31.2 Å². The molecular weight excluding hydrogens is 246 g/mol. The van der Waals surface area contributed by atoms with Gasteiger partial charge in [-0.15, -0.1) is 0 Å². The second-order valence-corrected chi connectivity index (χ2v) is 3.85. The van der Waals surface area contributed by atoms with Crippen LogP contribution in [0.3, 0.4) is 0 Å². The van der Waals surface area contributed by atoms with Gasteiger partial charge in [-0.3, -0.25) is 10.1 Å². The highest BCUT2D eigenvalue weighted by Crippen LogP contribution is 2.27. The number of aromatic nitrogens is 2. The molecule has 0 saturated carbocycles. The first-order valence-electron chi connectivity index (χ1n) is 5.73. The van der Waals surface area contributed by atoms with E-state index in [-0.39, 0.29) is 17.5 Å². The van der Waals surface area contributed by atoms with Gasteiger partial charge in [0.05, 0.1) is 4.92 Å². The van der Waals surface area contributed by atoms with Gasteiger partial charge >= 0.3 is 5.69 Å². The minimum Gasteiger partial charge on any atom is -0.368 e. The van der Waals surface area contributed by atoms with Crippen molar-refractivity contribution in [1.29, 1.82) is 0 Å². The summed E-state index contributed by atoms with van der Waals surface area (Å²) in [5, 5.41) is 13.9. The van der Waals surface area contributed by atoms with E-state index in [2.05, 4.69) is 15.3 Å². The molecule has 1 aromatic heterocycles. The van der Waals surface area contributed by atoms with Gasteiger partial charge in [0.1, 0.15) is 6.20 Å². The first-order chi connectivity index (χ1) is 9.11. The molecule has 0 aliphatic carbocycles. The number of benzene rings is 1. The first kappa shape index (κ1) is 12.7. The second-order valence-electron chi connectivity index (χ2n) is 3.85. The van der Waals surface area contributed by atoms with E-state index in [9.17, 15) is 10.1 Å². The van der Waals surface area contributed by atoms with Crippen molar-refractivity contribution in [3.63, 3.8) is 0 Å². The molecule has 0 radical (unpaired) electrons. The van der Waals surface area contributed by atoms with Crippen LogP contribution in [0.15, 0.2) is 30.5 Å². The molecule has 0 saturated heterocycles. The highest BCUT2D eigenvalue weighted by molar-refractivity contribution is 5.68. The number of nitrogens with one attached hydrogen (secondary N) is 1. The Morgan fingerprint density at radius 3 is 2.84 bits per heavy atom. The van der Waals surface area contributed by atoms with Crippen LogP contribution < -0.4 is 11.1 Å². The summed E-state index contributed by atoms with van der Waals surface area (Å²) in [4.78, 5) is 17.9. The van der Waals surface area contributed by atoms with Crippen molar-refractivity contribution in [2.75, 3.05) is 11.1 Å². The van der Waals surface area contributed by atoms with Crippen molar-refractivity contribution in [2.45, 2.75) is 13.3 Å². The van der Waals surface area contributed by atoms with Gasteiger partial charge in [-0.1, -0.05) is 25.1 Å². The van der Waals surface area contributed by atoms with E-state index in [0.29, 0.717) is 0 Å². The minimum atomic E-state index is -0.545. The summed E-state index contributed by atoms with van der Waals surface area (Å²) >= 11 is 0. The maximum absolute atomic E-state index is 10.9. The number of rotatable bonds is 4. The molecule has 0 aliphatic rings. The number of hydrogen-bond donors (Lipinski definition) is 2. The summed E-state index contributed by atoms with van der Waals surface area (Å²) in [6, 6.07) is 7.53. The molecule has 0 spiro atoms. The van der Waals surface area contributed by atoms with Crippen LogP contribution in [-0.2, 0) is 6.42 Å². The van der Waals surface area contributed by atoms with E-state index >= 15 is 0 Å². The molecule has 2 aromatic rings. The van der Waals surface area contributed by atoms with E-state index in [0.717, 1.165) is 23.9 Å². The van der Waals surface area contributed by atoms with E-state index < -0.39 is 4.92 Å². The molecule has 0 amide bonds. The largest absolute Gasteiger partial charge is 0.368 e. The lowest BCUT2D eigenvalue weighted by molar-refractivity contribution is -0.384. The maximum atomic E-state index is 10.9. The molecule has 7 heteroatoms. The normalized spacial score (nSPS) is 10.2. The SMILES string of the molecule is CCc1ccccc1Nc1nc(N)ncc1[N+](=O)[O-]. The Hall–Kier alpha value is -2.70. The molecule has 3 N–H and O–H groups in total. The Morgan fingerprint density at radius 2 is 2.16 bits per heavy atom. The molecule has 0 atom stereocenters. The average Bonchev–Trinajstić information content (AvgIpc) is 2.39. The Balaban J connectivity index is 2.42. The molecule has 19 heavy (non-hydrogen) atoms. The molecule has 0 unspecified atom stereocenters. The van der Waals surface area contributed by atoms with Crippen LogP contribution in [0, 0.1) is 10.1 Å². The van der Waals surface area contributed by atoms with Crippen molar-refractivity contribution in [2.24, 2.45) is 0 Å². The lowest BCUT2D eigenvalue weighted by atomic mass is 10.1. The van der Waals surface area contributed by atoms with Gasteiger partial charge in [0.2, 0.25) is 11.8 Å². The van der Waals surface area contributed by atoms with Gasteiger partial charge < -0.3 is 11.1 Å². The summed E-state index contributed by atoms with van der Waals surface area (Å²) in [6.45, 7) is 2.00. The first-order valence-corrected chi connectivity index (χ1v) is 5.73. The lowest BCUT2D eigenvalue weighted by Gasteiger charge is -2.10. The van der Waals surface area contributed by atoms with Gasteiger partial charge in [-0.2, -0.15) is 4.98 Å². The highest BCUT2D eigenvalue weighted by Gasteiger charge is 2.17. The van der Waals surface area contributed by atoms with Crippen LogP contribution >= 0.6 is 0 Å². The van der Waals surface area contributed by atoms with Crippen molar-refractivity contribution in [1.82, 2.24) is 9.97 Å². The Bertz CT molecular complexity index is 615. The molecule has 7 nitrogen and oxygen atoms in total. The summed E-state index contributed by atoms with van der Waals surface area (Å²) < 4.78 is 0. The molecule has 0 bridgehead atoms. The number of para-hydroxylation sites is 1. The third-order valence-electron chi connectivity index (χ3n) is 2.64. The zero-order valence-electron chi connectivity index (χ0n) is 10.3. The average molecular weight is 259 g/mol. The van der Waals surface area contributed by atoms with Gasteiger partial charge in [-0.25, -0.2) is 4.98 Å². The topological polar surface area (TPSA) is 107 Å². The van der Waals surface area contributed by atoms with Gasteiger partial charge in [0.15, 0.2) is 0 Å². The van der Waals surface area contributed by atoms with Crippen LogP contribution in [0.25, 0.3) is 0 Å². The number of nitro groups is 1. The third kappa shape index (κ3) is 2.76. The van der Waals surface area contributed by atoms with Gasteiger partial charge in [-0.05, 0) is 18.1 Å². The summed E-state index contributed by atoms with van der Waals surface area (Å²) in [5.74, 6) is 0.0838. The fraction of sp³-hybridized carbons (Fsp3) is 0.167.